The number of hydrogen-bond acceptors (Lipinski definition) is 7. The summed E-state index contributed by atoms with van der Waals surface area (Å²) < 4.78 is 24.1. The van der Waals surface area contributed by atoms with Crippen molar-refractivity contribution in [3.05, 3.63) is 76.7 Å². The topological polar surface area (TPSA) is 67.1 Å². The molecule has 2 aromatic carbocycles. The van der Waals surface area contributed by atoms with Crippen LogP contribution in [0.4, 0.5) is 5.69 Å². The van der Waals surface area contributed by atoms with Crippen LogP contribution in [0.25, 0.3) is 11.3 Å². The number of hydrogen-bond donors (Lipinski definition) is 0. The lowest BCUT2D eigenvalue weighted by molar-refractivity contribution is 0.354. The van der Waals surface area contributed by atoms with E-state index < -0.39 is 0 Å². The second-order valence-corrected chi connectivity index (χ2v) is 7.90. The molecule has 8 heteroatoms. The van der Waals surface area contributed by atoms with Gasteiger partial charge in [0.2, 0.25) is 0 Å². The van der Waals surface area contributed by atoms with Crippen molar-refractivity contribution in [3.63, 3.8) is 0 Å². The van der Waals surface area contributed by atoms with Crippen molar-refractivity contribution in [2.24, 2.45) is 4.99 Å². The molecule has 2 aromatic heterocycles. The molecule has 0 aliphatic rings. The number of thiazole rings is 1. The summed E-state index contributed by atoms with van der Waals surface area (Å²) in [5, 5.41) is 2.08. The van der Waals surface area contributed by atoms with E-state index in [-0.39, 0.29) is 0 Å². The van der Waals surface area contributed by atoms with Gasteiger partial charge in [0.15, 0.2) is 16.3 Å². The Morgan fingerprint density at radius 3 is 2.39 bits per heavy atom. The third-order valence-electron chi connectivity index (χ3n) is 5.14. The summed E-state index contributed by atoms with van der Waals surface area (Å²) in [6.45, 7) is 0.577. The van der Waals surface area contributed by atoms with Crippen LogP contribution in [0.5, 0.6) is 23.0 Å². The van der Waals surface area contributed by atoms with Crippen LogP contribution in [0.1, 0.15) is 5.56 Å². The van der Waals surface area contributed by atoms with E-state index in [0.717, 1.165) is 38.8 Å². The van der Waals surface area contributed by atoms with Crippen LogP contribution >= 0.6 is 11.3 Å². The van der Waals surface area contributed by atoms with E-state index in [4.69, 9.17) is 23.9 Å². The van der Waals surface area contributed by atoms with Crippen molar-refractivity contribution >= 4 is 17.0 Å². The molecule has 0 atom stereocenters. The minimum Gasteiger partial charge on any atom is -0.497 e. The SMILES string of the molecule is COc1ccc(-c2csc(=Nc3cccnc3)n2Cc2ccc(OC)c(OC)c2)c(OC)c1. The highest BCUT2D eigenvalue weighted by Crippen LogP contribution is 2.34. The molecule has 0 N–H and O–H groups in total. The first-order valence-electron chi connectivity index (χ1n) is 10.2. The summed E-state index contributed by atoms with van der Waals surface area (Å²) in [5.41, 5.74) is 3.76. The largest absolute Gasteiger partial charge is 0.497 e. The number of aromatic nitrogens is 2. The van der Waals surface area contributed by atoms with Crippen LogP contribution in [0, 0.1) is 0 Å². The first-order valence-corrected chi connectivity index (χ1v) is 11.1. The highest BCUT2D eigenvalue weighted by molar-refractivity contribution is 7.07. The highest BCUT2D eigenvalue weighted by Gasteiger charge is 2.15. The Kier molecular flexibility index (Phi) is 6.95. The molecule has 2 heterocycles. The normalized spacial score (nSPS) is 11.3. The van der Waals surface area contributed by atoms with E-state index in [1.807, 2.05) is 48.5 Å². The maximum Gasteiger partial charge on any atom is 0.190 e. The molecule has 0 amide bonds. The highest BCUT2D eigenvalue weighted by atomic mass is 32.1. The van der Waals surface area contributed by atoms with Gasteiger partial charge in [0, 0.05) is 23.2 Å². The first-order chi connectivity index (χ1) is 16.2. The van der Waals surface area contributed by atoms with E-state index in [1.54, 1.807) is 52.2 Å². The molecule has 0 aliphatic heterocycles. The second-order valence-electron chi connectivity index (χ2n) is 7.07. The summed E-state index contributed by atoms with van der Waals surface area (Å²) in [6.07, 6.45) is 3.48. The van der Waals surface area contributed by atoms with E-state index in [1.165, 1.54) is 0 Å². The fraction of sp³-hybridized carbons (Fsp3) is 0.200. The third kappa shape index (κ3) is 4.85. The molecule has 0 bridgehead atoms. The zero-order valence-corrected chi connectivity index (χ0v) is 19.8. The predicted molar refractivity (Wildman–Crippen MR) is 129 cm³/mol. The van der Waals surface area contributed by atoms with E-state index in [2.05, 4.69) is 14.9 Å². The molecule has 0 radical (unpaired) electrons. The van der Waals surface area contributed by atoms with Crippen LogP contribution in [0.3, 0.4) is 0 Å². The van der Waals surface area contributed by atoms with E-state index in [9.17, 15) is 0 Å². The third-order valence-corrected chi connectivity index (χ3v) is 6.01. The van der Waals surface area contributed by atoms with Gasteiger partial charge in [0.25, 0.3) is 0 Å². The van der Waals surface area contributed by atoms with Gasteiger partial charge in [-0.15, -0.1) is 11.3 Å². The van der Waals surface area contributed by atoms with Gasteiger partial charge >= 0.3 is 0 Å². The molecule has 0 unspecified atom stereocenters. The molecular weight excluding hydrogens is 438 g/mol. The number of rotatable bonds is 8. The van der Waals surface area contributed by atoms with Crippen molar-refractivity contribution in [2.75, 3.05) is 28.4 Å². The Hall–Kier alpha value is -3.78. The summed E-state index contributed by atoms with van der Waals surface area (Å²) in [6, 6.07) is 15.5. The van der Waals surface area contributed by atoms with Gasteiger partial charge in [0.1, 0.15) is 11.5 Å². The minimum absolute atomic E-state index is 0.577. The molecule has 170 valence electrons. The average molecular weight is 464 g/mol. The molecule has 0 fully saturated rings. The Morgan fingerprint density at radius 1 is 0.879 bits per heavy atom. The summed E-state index contributed by atoms with van der Waals surface area (Å²) >= 11 is 1.56. The first kappa shape index (κ1) is 22.4. The van der Waals surface area contributed by atoms with Crippen molar-refractivity contribution < 1.29 is 18.9 Å². The quantitative estimate of drug-likeness (QED) is 0.371. The van der Waals surface area contributed by atoms with Gasteiger partial charge in [-0.3, -0.25) is 4.98 Å². The zero-order chi connectivity index (χ0) is 23.2. The Morgan fingerprint density at radius 2 is 1.70 bits per heavy atom. The standard InChI is InChI=1S/C25H25N3O4S/c1-29-19-8-9-20(23(13-19)31-3)21-16-33-25(27-18-6-5-11-26-14-18)28(21)15-17-7-10-22(30-2)24(12-17)32-4/h5-14,16H,15H2,1-4H3. The van der Waals surface area contributed by atoms with Gasteiger partial charge in [-0.25, -0.2) is 4.99 Å². The molecule has 4 rings (SSSR count). The van der Waals surface area contributed by atoms with Gasteiger partial charge in [-0.1, -0.05) is 6.07 Å². The van der Waals surface area contributed by atoms with Gasteiger partial charge < -0.3 is 23.5 Å². The zero-order valence-electron chi connectivity index (χ0n) is 18.9. The molecule has 0 saturated carbocycles. The van der Waals surface area contributed by atoms with Gasteiger partial charge in [-0.2, -0.15) is 0 Å². The van der Waals surface area contributed by atoms with E-state index >= 15 is 0 Å². The molecule has 0 saturated heterocycles. The summed E-state index contributed by atoms with van der Waals surface area (Å²) in [4.78, 5) is 9.87. The number of pyridine rings is 1. The maximum atomic E-state index is 5.68. The lowest BCUT2D eigenvalue weighted by Crippen LogP contribution is -2.17. The van der Waals surface area contributed by atoms with Crippen LogP contribution in [-0.4, -0.2) is 38.0 Å². The fourth-order valence-electron chi connectivity index (χ4n) is 3.49. The lowest BCUT2D eigenvalue weighted by atomic mass is 10.1. The molecule has 4 aromatic rings. The van der Waals surface area contributed by atoms with Gasteiger partial charge in [0.05, 0.1) is 52.6 Å². The molecular formula is C25H25N3O4S. The number of ether oxygens (including phenoxy) is 4. The lowest BCUT2D eigenvalue weighted by Gasteiger charge is -2.15. The van der Waals surface area contributed by atoms with Crippen LogP contribution < -0.4 is 23.7 Å². The summed E-state index contributed by atoms with van der Waals surface area (Å²) in [7, 11) is 6.56. The maximum absolute atomic E-state index is 5.68. The smallest absolute Gasteiger partial charge is 0.190 e. The van der Waals surface area contributed by atoms with Crippen molar-refractivity contribution in [3.8, 4) is 34.3 Å². The molecule has 33 heavy (non-hydrogen) atoms. The van der Waals surface area contributed by atoms with Crippen molar-refractivity contribution in [1.82, 2.24) is 9.55 Å². The Balaban J connectivity index is 1.87. The van der Waals surface area contributed by atoms with Crippen LogP contribution in [0.15, 0.2) is 71.3 Å². The molecule has 7 nitrogen and oxygen atoms in total. The Bertz CT molecular complexity index is 1300. The van der Waals surface area contributed by atoms with Crippen LogP contribution in [-0.2, 0) is 6.54 Å². The van der Waals surface area contributed by atoms with Crippen LogP contribution in [0.2, 0.25) is 0 Å². The van der Waals surface area contributed by atoms with Crippen molar-refractivity contribution in [2.45, 2.75) is 6.54 Å². The summed E-state index contributed by atoms with van der Waals surface area (Å²) in [5.74, 6) is 2.83. The monoisotopic (exact) mass is 463 g/mol. The predicted octanol–water partition coefficient (Wildman–Crippen LogP) is 4.93. The number of benzene rings is 2. The van der Waals surface area contributed by atoms with Gasteiger partial charge in [-0.05, 0) is 42.0 Å². The fourth-order valence-corrected chi connectivity index (χ4v) is 4.41. The number of nitrogens with zero attached hydrogens (tertiary/aromatic N) is 3. The molecule has 0 spiro atoms. The van der Waals surface area contributed by atoms with Crippen molar-refractivity contribution in [1.29, 1.82) is 0 Å². The number of methoxy groups -OCH3 is 4. The second kappa shape index (κ2) is 10.2. The molecule has 0 aliphatic carbocycles. The Labute approximate surface area is 196 Å². The van der Waals surface area contributed by atoms with E-state index in [0.29, 0.717) is 18.0 Å². The minimum atomic E-state index is 0.577. The average Bonchev–Trinajstić information content (AvgIpc) is 3.25.